The van der Waals surface area contributed by atoms with Crippen LogP contribution in [0.4, 0.5) is 17.1 Å². The average Bonchev–Trinajstić information content (AvgIpc) is 3.85. The van der Waals surface area contributed by atoms with E-state index < -0.39 is 0 Å². The molecule has 0 saturated heterocycles. The number of furan rings is 1. The third kappa shape index (κ3) is 9.93. The van der Waals surface area contributed by atoms with E-state index in [-0.39, 0.29) is 16.2 Å². The Balaban J connectivity index is 1.13. The molecule has 7 rings (SSSR count). The second-order valence-corrected chi connectivity index (χ2v) is 19.1. The fraction of sp³-hybridized carbons (Fsp3) is 0.393. The summed E-state index contributed by atoms with van der Waals surface area (Å²) in [6.45, 7) is 20.3. The van der Waals surface area contributed by atoms with Gasteiger partial charge in [-0.05, 0) is 128 Å². The number of ether oxygens (including phenoxy) is 2. The van der Waals surface area contributed by atoms with Crippen LogP contribution in [-0.4, -0.2) is 13.2 Å². The molecule has 1 atom stereocenters. The number of unbranched alkanes of at least 4 members (excludes halogenated alkanes) is 5. The quantitative estimate of drug-likeness (QED) is 0.0811. The molecule has 1 aliphatic carbocycles. The van der Waals surface area contributed by atoms with Crippen LogP contribution in [0.25, 0.3) is 22.3 Å². The smallest absolute Gasteiger partial charge is 0.129 e. The Morgan fingerprint density at radius 3 is 1.77 bits per heavy atom. The standard InChI is InChI=1S/C56H67NO3/c1-9-10-11-12-13-14-34-56(8)52-38-42(20-32-50(52)51-33-23-44(39-53(51)56)55(5,6)7)41-18-24-45(25-19-41)57(46-26-21-43(22-27-46)54(2,3)4)47-28-30-48(31-29-47)59-37-16-35-58-40-49-17-15-36-60-49/h15,17-33,36,38-39H,9-14,16,34-35,37,40H2,1-8H3. The zero-order chi connectivity index (χ0) is 42.3. The van der Waals surface area contributed by atoms with Gasteiger partial charge in [0.1, 0.15) is 18.1 Å². The zero-order valence-corrected chi connectivity index (χ0v) is 37.6. The molecule has 0 saturated carbocycles. The van der Waals surface area contributed by atoms with E-state index in [1.165, 1.54) is 89.5 Å². The number of hydrogen-bond donors (Lipinski definition) is 0. The summed E-state index contributed by atoms with van der Waals surface area (Å²) in [6.07, 6.45) is 11.5. The zero-order valence-electron chi connectivity index (χ0n) is 37.6. The molecule has 314 valence electrons. The first-order valence-corrected chi connectivity index (χ1v) is 22.5. The fourth-order valence-electron chi connectivity index (χ4n) is 8.76. The molecule has 6 aromatic rings. The molecule has 5 aromatic carbocycles. The van der Waals surface area contributed by atoms with E-state index in [0.717, 1.165) is 35.0 Å². The van der Waals surface area contributed by atoms with E-state index in [4.69, 9.17) is 13.9 Å². The van der Waals surface area contributed by atoms with Crippen LogP contribution in [0.15, 0.2) is 132 Å². The highest BCUT2D eigenvalue weighted by molar-refractivity contribution is 5.85. The second kappa shape index (κ2) is 18.7. The highest BCUT2D eigenvalue weighted by Gasteiger charge is 2.39. The van der Waals surface area contributed by atoms with E-state index in [1.54, 1.807) is 6.26 Å². The highest BCUT2D eigenvalue weighted by Crippen LogP contribution is 2.53. The van der Waals surface area contributed by atoms with Gasteiger partial charge in [-0.1, -0.05) is 149 Å². The molecule has 1 heterocycles. The van der Waals surface area contributed by atoms with Crippen molar-refractivity contribution >= 4 is 17.1 Å². The van der Waals surface area contributed by atoms with Crippen LogP contribution < -0.4 is 9.64 Å². The summed E-state index contributed by atoms with van der Waals surface area (Å²) in [5.41, 5.74) is 14.5. The predicted molar refractivity (Wildman–Crippen MR) is 252 cm³/mol. The molecule has 0 aliphatic heterocycles. The largest absolute Gasteiger partial charge is 0.494 e. The van der Waals surface area contributed by atoms with Gasteiger partial charge in [-0.3, -0.25) is 0 Å². The van der Waals surface area contributed by atoms with Gasteiger partial charge in [-0.25, -0.2) is 0 Å². The van der Waals surface area contributed by atoms with E-state index >= 15 is 0 Å². The highest BCUT2D eigenvalue weighted by atomic mass is 16.5. The van der Waals surface area contributed by atoms with Crippen molar-refractivity contribution in [2.75, 3.05) is 18.1 Å². The van der Waals surface area contributed by atoms with Crippen LogP contribution in [-0.2, 0) is 27.6 Å². The Morgan fingerprint density at radius 2 is 1.13 bits per heavy atom. The minimum absolute atomic E-state index is 0.0212. The molecule has 0 amide bonds. The van der Waals surface area contributed by atoms with Crippen LogP contribution >= 0.6 is 0 Å². The number of hydrogen-bond acceptors (Lipinski definition) is 4. The maximum Gasteiger partial charge on any atom is 0.129 e. The van der Waals surface area contributed by atoms with Gasteiger partial charge in [0.25, 0.3) is 0 Å². The third-order valence-electron chi connectivity index (χ3n) is 12.5. The van der Waals surface area contributed by atoms with Crippen molar-refractivity contribution in [2.24, 2.45) is 0 Å². The fourth-order valence-corrected chi connectivity index (χ4v) is 8.76. The Labute approximate surface area is 361 Å². The van der Waals surface area contributed by atoms with Crippen molar-refractivity contribution < 1.29 is 13.9 Å². The van der Waals surface area contributed by atoms with Crippen LogP contribution in [0.2, 0.25) is 0 Å². The Kier molecular flexibility index (Phi) is 13.4. The van der Waals surface area contributed by atoms with Gasteiger partial charge in [-0.2, -0.15) is 0 Å². The summed E-state index contributed by atoms with van der Waals surface area (Å²) in [6, 6.07) is 44.9. The molecule has 4 nitrogen and oxygen atoms in total. The van der Waals surface area contributed by atoms with E-state index in [2.05, 4.69) is 169 Å². The number of rotatable bonds is 18. The van der Waals surface area contributed by atoms with Crippen molar-refractivity contribution in [2.45, 2.75) is 130 Å². The Bertz CT molecular complexity index is 2270. The van der Waals surface area contributed by atoms with Gasteiger partial charge < -0.3 is 18.8 Å². The van der Waals surface area contributed by atoms with Crippen LogP contribution in [0, 0.1) is 0 Å². The maximum absolute atomic E-state index is 6.11. The molecule has 0 N–H and O–H groups in total. The molecule has 0 radical (unpaired) electrons. The summed E-state index contributed by atoms with van der Waals surface area (Å²) >= 11 is 0. The minimum atomic E-state index is -0.0212. The van der Waals surface area contributed by atoms with Gasteiger partial charge in [0, 0.05) is 28.9 Å². The van der Waals surface area contributed by atoms with Crippen LogP contribution in [0.3, 0.4) is 0 Å². The number of nitrogens with zero attached hydrogens (tertiary/aromatic N) is 1. The molecule has 0 fully saturated rings. The monoisotopic (exact) mass is 802 g/mol. The second-order valence-electron chi connectivity index (χ2n) is 19.1. The number of fused-ring (bicyclic) bond motifs is 3. The molecule has 1 aliphatic rings. The first-order valence-electron chi connectivity index (χ1n) is 22.5. The summed E-state index contributed by atoms with van der Waals surface area (Å²) < 4.78 is 17.2. The Hall–Kier alpha value is -5.06. The summed E-state index contributed by atoms with van der Waals surface area (Å²) in [4.78, 5) is 2.34. The molecule has 0 spiro atoms. The lowest BCUT2D eigenvalue weighted by Gasteiger charge is -2.30. The Morgan fingerprint density at radius 1 is 0.567 bits per heavy atom. The van der Waals surface area contributed by atoms with E-state index in [0.29, 0.717) is 19.8 Å². The molecular formula is C56H67NO3. The summed E-state index contributed by atoms with van der Waals surface area (Å²) in [5.74, 6) is 1.68. The lowest BCUT2D eigenvalue weighted by Crippen LogP contribution is -2.22. The number of anilines is 3. The summed E-state index contributed by atoms with van der Waals surface area (Å²) in [5, 5.41) is 0. The topological polar surface area (TPSA) is 34.8 Å². The molecule has 0 bridgehead atoms. The van der Waals surface area contributed by atoms with Crippen LogP contribution in [0.5, 0.6) is 5.75 Å². The van der Waals surface area contributed by atoms with Gasteiger partial charge in [0.05, 0.1) is 19.5 Å². The lowest BCUT2D eigenvalue weighted by molar-refractivity contribution is 0.0944. The first kappa shape index (κ1) is 43.0. The lowest BCUT2D eigenvalue weighted by atomic mass is 9.74. The van der Waals surface area contributed by atoms with Crippen molar-refractivity contribution in [3.63, 3.8) is 0 Å². The van der Waals surface area contributed by atoms with Gasteiger partial charge in [0.15, 0.2) is 0 Å². The average molecular weight is 802 g/mol. The molecule has 60 heavy (non-hydrogen) atoms. The normalized spacial score (nSPS) is 14.9. The molecule has 1 unspecified atom stereocenters. The van der Waals surface area contributed by atoms with E-state index in [1.807, 2.05) is 12.1 Å². The van der Waals surface area contributed by atoms with Crippen molar-refractivity contribution in [3.8, 4) is 28.0 Å². The minimum Gasteiger partial charge on any atom is -0.494 e. The predicted octanol–water partition coefficient (Wildman–Crippen LogP) is 16.0. The van der Waals surface area contributed by atoms with Gasteiger partial charge >= 0.3 is 0 Å². The SMILES string of the molecule is CCCCCCCCC1(C)c2cc(-c3ccc(N(c4ccc(OCCCOCc5ccco5)cc4)c4ccc(C(C)(C)C)cc4)cc3)ccc2-c2ccc(C(C)(C)C)cc21. The molecular weight excluding hydrogens is 735 g/mol. The summed E-state index contributed by atoms with van der Waals surface area (Å²) in [7, 11) is 0. The molecule has 1 aromatic heterocycles. The van der Waals surface area contributed by atoms with Crippen LogP contribution in [0.1, 0.15) is 135 Å². The molecule has 4 heteroatoms. The van der Waals surface area contributed by atoms with Gasteiger partial charge in [0.2, 0.25) is 0 Å². The third-order valence-corrected chi connectivity index (χ3v) is 12.5. The van der Waals surface area contributed by atoms with Crippen molar-refractivity contribution in [1.29, 1.82) is 0 Å². The van der Waals surface area contributed by atoms with Crippen molar-refractivity contribution in [1.82, 2.24) is 0 Å². The van der Waals surface area contributed by atoms with E-state index in [9.17, 15) is 0 Å². The maximum atomic E-state index is 6.11. The van der Waals surface area contributed by atoms with Gasteiger partial charge in [-0.15, -0.1) is 0 Å². The number of benzene rings is 5. The first-order chi connectivity index (χ1) is 28.8. The van der Waals surface area contributed by atoms with Crippen molar-refractivity contribution in [3.05, 3.63) is 156 Å².